The van der Waals surface area contributed by atoms with Gasteiger partial charge in [-0.2, -0.15) is 0 Å². The molecule has 0 aliphatic heterocycles. The molecule has 0 bridgehead atoms. The van der Waals surface area contributed by atoms with Gasteiger partial charge >= 0.3 is 5.97 Å². The van der Waals surface area contributed by atoms with E-state index in [-0.39, 0.29) is 10.7 Å². The summed E-state index contributed by atoms with van der Waals surface area (Å²) in [6.07, 6.45) is 0. The summed E-state index contributed by atoms with van der Waals surface area (Å²) in [6.45, 7) is 0.331. The van der Waals surface area contributed by atoms with Crippen molar-refractivity contribution in [1.29, 1.82) is 0 Å². The molecule has 0 radical (unpaired) electrons. The molecule has 5 nitrogen and oxygen atoms in total. The van der Waals surface area contributed by atoms with Crippen LogP contribution < -0.4 is 5.32 Å². The average molecular weight is 297 g/mol. The van der Waals surface area contributed by atoms with E-state index in [4.69, 9.17) is 16.7 Å². The van der Waals surface area contributed by atoms with E-state index < -0.39 is 11.9 Å². The maximum Gasteiger partial charge on any atom is 0.355 e. The summed E-state index contributed by atoms with van der Waals surface area (Å²) in [5.74, 6) is -1.54. The number of hydrogen-bond donors (Lipinski definition) is 2. The maximum absolute atomic E-state index is 11.7. The van der Waals surface area contributed by atoms with Crippen molar-refractivity contribution in [3.05, 3.63) is 50.9 Å². The van der Waals surface area contributed by atoms with Crippen LogP contribution in [0.1, 0.15) is 25.9 Å². The first-order chi connectivity index (χ1) is 9.06. The van der Waals surface area contributed by atoms with Gasteiger partial charge in [0.2, 0.25) is 0 Å². The monoisotopic (exact) mass is 296 g/mol. The van der Waals surface area contributed by atoms with Crippen molar-refractivity contribution < 1.29 is 14.7 Å². The topological polar surface area (TPSA) is 79.3 Å². The highest BCUT2D eigenvalue weighted by Gasteiger charge is 2.14. The summed E-state index contributed by atoms with van der Waals surface area (Å²) in [5.41, 5.74) is 0.773. The number of aromatic nitrogens is 1. The Hall–Kier alpha value is -1.92. The molecule has 0 fully saturated rings. The van der Waals surface area contributed by atoms with Crippen LogP contribution in [-0.4, -0.2) is 22.0 Å². The molecule has 0 aliphatic rings. The lowest BCUT2D eigenvalue weighted by Crippen LogP contribution is -2.22. The number of aromatic carboxylic acids is 1. The van der Waals surface area contributed by atoms with E-state index in [0.717, 1.165) is 16.9 Å². The van der Waals surface area contributed by atoms with Gasteiger partial charge in [-0.15, -0.1) is 11.3 Å². The number of amides is 1. The quantitative estimate of drug-likeness (QED) is 0.908. The number of thiazole rings is 1. The predicted molar refractivity (Wildman–Crippen MR) is 71.7 cm³/mol. The molecule has 2 N–H and O–H groups in total. The van der Waals surface area contributed by atoms with Crippen molar-refractivity contribution in [2.24, 2.45) is 0 Å². The number of carbonyl (C=O) groups is 2. The normalized spacial score (nSPS) is 10.2. The molecular formula is C12H9ClN2O3S. The SMILES string of the molecule is O=C(O)c1csc(C(=O)NCc2ccc(Cl)cc2)n1. The van der Waals surface area contributed by atoms with Gasteiger partial charge in [0.1, 0.15) is 0 Å². The van der Waals surface area contributed by atoms with Crippen LogP contribution in [0.25, 0.3) is 0 Å². The molecule has 98 valence electrons. The van der Waals surface area contributed by atoms with Crippen LogP contribution in [0.4, 0.5) is 0 Å². The Morgan fingerprint density at radius 2 is 2.00 bits per heavy atom. The van der Waals surface area contributed by atoms with Crippen molar-refractivity contribution in [2.45, 2.75) is 6.54 Å². The first kappa shape index (κ1) is 13.5. The van der Waals surface area contributed by atoms with Gasteiger partial charge in [0, 0.05) is 16.9 Å². The van der Waals surface area contributed by atoms with Crippen molar-refractivity contribution in [3.8, 4) is 0 Å². The highest BCUT2D eigenvalue weighted by molar-refractivity contribution is 7.11. The Kier molecular flexibility index (Phi) is 4.13. The Morgan fingerprint density at radius 1 is 1.32 bits per heavy atom. The Balaban J connectivity index is 1.97. The lowest BCUT2D eigenvalue weighted by molar-refractivity contribution is 0.0691. The van der Waals surface area contributed by atoms with E-state index in [1.54, 1.807) is 24.3 Å². The summed E-state index contributed by atoms with van der Waals surface area (Å²) in [6, 6.07) is 7.06. The lowest BCUT2D eigenvalue weighted by atomic mass is 10.2. The van der Waals surface area contributed by atoms with Crippen LogP contribution in [0.3, 0.4) is 0 Å². The number of carbonyl (C=O) groups excluding carboxylic acids is 1. The van der Waals surface area contributed by atoms with E-state index in [1.807, 2.05) is 0 Å². The second-order valence-corrected chi connectivity index (χ2v) is 4.95. The highest BCUT2D eigenvalue weighted by Crippen LogP contribution is 2.11. The molecule has 0 unspecified atom stereocenters. The number of nitrogens with zero attached hydrogens (tertiary/aromatic N) is 1. The largest absolute Gasteiger partial charge is 0.476 e. The third-order valence-corrected chi connectivity index (χ3v) is 3.38. The van der Waals surface area contributed by atoms with Crippen LogP contribution in [0.2, 0.25) is 5.02 Å². The molecule has 1 aromatic carbocycles. The summed E-state index contributed by atoms with van der Waals surface area (Å²) in [5, 5.41) is 13.5. The van der Waals surface area contributed by atoms with E-state index in [1.165, 1.54) is 5.38 Å². The zero-order valence-electron chi connectivity index (χ0n) is 9.59. The molecule has 0 aliphatic carbocycles. The van der Waals surface area contributed by atoms with E-state index >= 15 is 0 Å². The minimum absolute atomic E-state index is 0.123. The summed E-state index contributed by atoms with van der Waals surface area (Å²) in [7, 11) is 0. The number of halogens is 1. The number of carboxylic acids is 1. The minimum atomic E-state index is -1.15. The van der Waals surface area contributed by atoms with Gasteiger partial charge < -0.3 is 10.4 Å². The van der Waals surface area contributed by atoms with Gasteiger partial charge in [0.15, 0.2) is 10.7 Å². The molecule has 1 aromatic heterocycles. The molecule has 19 heavy (non-hydrogen) atoms. The van der Waals surface area contributed by atoms with E-state index in [2.05, 4.69) is 10.3 Å². The predicted octanol–water partition coefficient (Wildman–Crippen LogP) is 2.42. The van der Waals surface area contributed by atoms with Crippen molar-refractivity contribution >= 4 is 34.8 Å². The van der Waals surface area contributed by atoms with Crippen molar-refractivity contribution in [2.75, 3.05) is 0 Å². The molecule has 0 saturated carbocycles. The second kappa shape index (κ2) is 5.81. The number of rotatable bonds is 4. The fraction of sp³-hybridized carbons (Fsp3) is 0.0833. The molecule has 2 rings (SSSR count). The smallest absolute Gasteiger partial charge is 0.355 e. The summed E-state index contributed by atoms with van der Waals surface area (Å²) >= 11 is 6.75. The van der Waals surface area contributed by atoms with Crippen LogP contribution in [0.5, 0.6) is 0 Å². The number of benzene rings is 1. The van der Waals surface area contributed by atoms with Gasteiger partial charge in [-0.25, -0.2) is 9.78 Å². The van der Waals surface area contributed by atoms with Gasteiger partial charge in [-0.3, -0.25) is 4.79 Å². The fourth-order valence-corrected chi connectivity index (χ4v) is 2.17. The Morgan fingerprint density at radius 3 is 2.58 bits per heavy atom. The highest BCUT2D eigenvalue weighted by atomic mass is 35.5. The first-order valence-electron chi connectivity index (χ1n) is 5.28. The van der Waals surface area contributed by atoms with Gasteiger partial charge in [-0.1, -0.05) is 23.7 Å². The third kappa shape index (κ3) is 3.52. The number of nitrogens with one attached hydrogen (secondary N) is 1. The zero-order valence-corrected chi connectivity index (χ0v) is 11.2. The molecular weight excluding hydrogens is 288 g/mol. The molecule has 0 spiro atoms. The zero-order chi connectivity index (χ0) is 13.8. The Bertz CT molecular complexity index is 610. The van der Waals surface area contributed by atoms with Crippen molar-refractivity contribution in [3.63, 3.8) is 0 Å². The number of carboxylic acid groups (broad SMARTS) is 1. The van der Waals surface area contributed by atoms with Gasteiger partial charge in [-0.05, 0) is 17.7 Å². The molecule has 7 heteroatoms. The maximum atomic E-state index is 11.7. The van der Waals surface area contributed by atoms with Crippen molar-refractivity contribution in [1.82, 2.24) is 10.3 Å². The van der Waals surface area contributed by atoms with Crippen LogP contribution in [0.15, 0.2) is 29.6 Å². The second-order valence-electron chi connectivity index (χ2n) is 3.65. The third-order valence-electron chi connectivity index (χ3n) is 2.28. The number of hydrogen-bond acceptors (Lipinski definition) is 4. The van der Waals surface area contributed by atoms with Gasteiger partial charge in [0.05, 0.1) is 0 Å². The standard InChI is InChI=1S/C12H9ClN2O3S/c13-8-3-1-7(2-4-8)5-14-10(16)11-15-9(6-19-11)12(17)18/h1-4,6H,5H2,(H,14,16)(H,17,18). The first-order valence-corrected chi connectivity index (χ1v) is 6.53. The van der Waals surface area contributed by atoms with E-state index in [0.29, 0.717) is 11.6 Å². The lowest BCUT2D eigenvalue weighted by Gasteiger charge is -2.03. The minimum Gasteiger partial charge on any atom is -0.476 e. The summed E-state index contributed by atoms with van der Waals surface area (Å²) in [4.78, 5) is 26.1. The van der Waals surface area contributed by atoms with Crippen LogP contribution in [-0.2, 0) is 6.54 Å². The molecule has 0 saturated heterocycles. The molecule has 1 amide bonds. The summed E-state index contributed by atoms with van der Waals surface area (Å²) < 4.78 is 0. The average Bonchev–Trinajstić information content (AvgIpc) is 2.87. The van der Waals surface area contributed by atoms with Crippen LogP contribution in [0, 0.1) is 0 Å². The molecule has 2 aromatic rings. The van der Waals surface area contributed by atoms with Gasteiger partial charge in [0.25, 0.3) is 5.91 Å². The fourth-order valence-electron chi connectivity index (χ4n) is 1.34. The molecule has 0 atom stereocenters. The van der Waals surface area contributed by atoms with E-state index in [9.17, 15) is 9.59 Å². The Labute approximate surface area is 117 Å². The van der Waals surface area contributed by atoms with Crippen LogP contribution >= 0.6 is 22.9 Å². The molecule has 1 heterocycles.